The minimum atomic E-state index is 0.393. The Kier molecular flexibility index (Phi) is 6.69. The highest BCUT2D eigenvalue weighted by Gasteiger charge is 2.39. The molecule has 0 aromatic rings. The van der Waals surface area contributed by atoms with Crippen molar-refractivity contribution in [3.05, 3.63) is 0 Å². The molecule has 1 heteroatoms. The van der Waals surface area contributed by atoms with Crippen LogP contribution in [0.15, 0.2) is 0 Å². The van der Waals surface area contributed by atoms with Crippen LogP contribution in [0, 0.1) is 47.3 Å². The van der Waals surface area contributed by atoms with Gasteiger partial charge in [0.1, 0.15) is 0 Å². The van der Waals surface area contributed by atoms with E-state index in [-0.39, 0.29) is 0 Å². The van der Waals surface area contributed by atoms with E-state index in [0.29, 0.717) is 6.61 Å². The van der Waals surface area contributed by atoms with Crippen molar-refractivity contribution in [3.63, 3.8) is 0 Å². The van der Waals surface area contributed by atoms with E-state index in [9.17, 15) is 5.11 Å². The molecule has 1 nitrogen and oxygen atoms in total. The monoisotopic (exact) mass is 334 g/mol. The van der Waals surface area contributed by atoms with Gasteiger partial charge in [0.2, 0.25) is 0 Å². The normalized spacial score (nSPS) is 47.5. The molecule has 3 saturated carbocycles. The lowest BCUT2D eigenvalue weighted by Crippen LogP contribution is -2.36. The van der Waals surface area contributed by atoms with Crippen LogP contribution in [0.5, 0.6) is 0 Å². The standard InChI is InChI=1S/C23H42O/c1-16-4-7-20(8-5-16)22-11-9-21(15-18(22)3)23-10-6-19(12-13-24)14-17(23)2/h16-24H,4-15H2,1-3H3. The SMILES string of the molecule is CC1CCC(C2CCC(C3CCC(CCO)CC3C)CC2C)CC1. The van der Waals surface area contributed by atoms with Crippen LogP contribution in [0.4, 0.5) is 0 Å². The fraction of sp³-hybridized carbons (Fsp3) is 1.00. The summed E-state index contributed by atoms with van der Waals surface area (Å²) in [6.45, 7) is 7.93. The summed E-state index contributed by atoms with van der Waals surface area (Å²) in [5, 5.41) is 9.22. The van der Waals surface area contributed by atoms with Crippen LogP contribution in [0.25, 0.3) is 0 Å². The molecule has 0 saturated heterocycles. The summed E-state index contributed by atoms with van der Waals surface area (Å²) in [6, 6.07) is 0. The smallest absolute Gasteiger partial charge is 0.0433 e. The van der Waals surface area contributed by atoms with Crippen LogP contribution >= 0.6 is 0 Å². The van der Waals surface area contributed by atoms with Gasteiger partial charge in [0, 0.05) is 6.61 Å². The van der Waals surface area contributed by atoms with Crippen molar-refractivity contribution in [2.24, 2.45) is 47.3 Å². The second kappa shape index (κ2) is 8.56. The van der Waals surface area contributed by atoms with Crippen molar-refractivity contribution in [2.75, 3.05) is 6.61 Å². The number of hydrogen-bond acceptors (Lipinski definition) is 1. The molecular formula is C23H42O. The van der Waals surface area contributed by atoms with Gasteiger partial charge in [0.25, 0.3) is 0 Å². The van der Waals surface area contributed by atoms with Gasteiger partial charge in [-0.3, -0.25) is 0 Å². The highest BCUT2D eigenvalue weighted by Crippen LogP contribution is 2.49. The molecule has 3 aliphatic rings. The zero-order valence-electron chi connectivity index (χ0n) is 16.6. The first kappa shape index (κ1) is 18.7. The minimum absolute atomic E-state index is 0.393. The third kappa shape index (κ3) is 4.37. The molecule has 0 aromatic heterocycles. The Hall–Kier alpha value is -0.0400. The molecule has 0 bridgehead atoms. The number of aliphatic hydroxyl groups is 1. The summed E-state index contributed by atoms with van der Waals surface area (Å²) < 4.78 is 0. The van der Waals surface area contributed by atoms with Gasteiger partial charge >= 0.3 is 0 Å². The van der Waals surface area contributed by atoms with E-state index in [1.807, 2.05) is 0 Å². The molecule has 24 heavy (non-hydrogen) atoms. The maximum Gasteiger partial charge on any atom is 0.0433 e. The zero-order valence-corrected chi connectivity index (χ0v) is 16.6. The van der Waals surface area contributed by atoms with Gasteiger partial charge in [0.05, 0.1) is 0 Å². The molecule has 6 unspecified atom stereocenters. The number of aliphatic hydroxyl groups excluding tert-OH is 1. The van der Waals surface area contributed by atoms with Crippen molar-refractivity contribution < 1.29 is 5.11 Å². The Morgan fingerprint density at radius 2 is 1.25 bits per heavy atom. The van der Waals surface area contributed by atoms with Crippen LogP contribution in [-0.2, 0) is 0 Å². The molecule has 0 radical (unpaired) electrons. The van der Waals surface area contributed by atoms with Crippen molar-refractivity contribution in [2.45, 2.75) is 91.4 Å². The van der Waals surface area contributed by atoms with Gasteiger partial charge in [-0.25, -0.2) is 0 Å². The second-order valence-corrected chi connectivity index (χ2v) is 10.1. The van der Waals surface area contributed by atoms with Crippen molar-refractivity contribution in [3.8, 4) is 0 Å². The average Bonchev–Trinajstić information content (AvgIpc) is 2.56. The quantitative estimate of drug-likeness (QED) is 0.639. The molecule has 6 atom stereocenters. The van der Waals surface area contributed by atoms with Crippen molar-refractivity contribution >= 4 is 0 Å². The fourth-order valence-corrected chi connectivity index (χ4v) is 6.94. The molecule has 3 rings (SSSR count). The van der Waals surface area contributed by atoms with Crippen molar-refractivity contribution in [1.29, 1.82) is 0 Å². The van der Waals surface area contributed by atoms with Gasteiger partial charge in [-0.15, -0.1) is 0 Å². The summed E-state index contributed by atoms with van der Waals surface area (Å²) in [7, 11) is 0. The van der Waals surface area contributed by atoms with Crippen LogP contribution in [0.2, 0.25) is 0 Å². The minimum Gasteiger partial charge on any atom is -0.396 e. The van der Waals surface area contributed by atoms with Gasteiger partial charge in [-0.2, -0.15) is 0 Å². The zero-order chi connectivity index (χ0) is 17.1. The highest BCUT2D eigenvalue weighted by atomic mass is 16.3. The van der Waals surface area contributed by atoms with E-state index < -0.39 is 0 Å². The third-order valence-electron chi connectivity index (χ3n) is 8.43. The summed E-state index contributed by atoms with van der Waals surface area (Å²) in [6.07, 6.45) is 15.8. The molecular weight excluding hydrogens is 292 g/mol. The lowest BCUT2D eigenvalue weighted by molar-refractivity contribution is 0.0411. The average molecular weight is 335 g/mol. The molecule has 3 fully saturated rings. The molecule has 3 aliphatic carbocycles. The molecule has 1 N–H and O–H groups in total. The molecule has 0 aromatic carbocycles. The Bertz CT molecular complexity index is 370. The fourth-order valence-electron chi connectivity index (χ4n) is 6.94. The predicted octanol–water partition coefficient (Wildman–Crippen LogP) is 6.30. The highest BCUT2D eigenvalue weighted by molar-refractivity contribution is 4.90. The van der Waals surface area contributed by atoms with Crippen LogP contribution < -0.4 is 0 Å². The van der Waals surface area contributed by atoms with E-state index in [1.54, 1.807) is 0 Å². The second-order valence-electron chi connectivity index (χ2n) is 10.1. The molecule has 0 aliphatic heterocycles. The Balaban J connectivity index is 1.50. The summed E-state index contributed by atoms with van der Waals surface area (Å²) in [4.78, 5) is 0. The Labute approximate surface area is 151 Å². The van der Waals surface area contributed by atoms with Gasteiger partial charge in [0.15, 0.2) is 0 Å². The summed E-state index contributed by atoms with van der Waals surface area (Å²) >= 11 is 0. The van der Waals surface area contributed by atoms with E-state index in [0.717, 1.165) is 53.8 Å². The van der Waals surface area contributed by atoms with E-state index in [1.165, 1.54) is 64.2 Å². The number of rotatable bonds is 4. The molecule has 0 spiro atoms. The van der Waals surface area contributed by atoms with Gasteiger partial charge in [-0.1, -0.05) is 40.0 Å². The molecule has 0 heterocycles. The third-order valence-corrected chi connectivity index (χ3v) is 8.43. The Morgan fingerprint density at radius 3 is 1.88 bits per heavy atom. The summed E-state index contributed by atoms with van der Waals surface area (Å²) in [5.74, 6) is 7.72. The van der Waals surface area contributed by atoms with E-state index in [4.69, 9.17) is 0 Å². The molecule has 140 valence electrons. The first-order valence-corrected chi connectivity index (χ1v) is 11.2. The number of hydrogen-bond donors (Lipinski definition) is 1. The first-order valence-electron chi connectivity index (χ1n) is 11.2. The summed E-state index contributed by atoms with van der Waals surface area (Å²) in [5.41, 5.74) is 0. The predicted molar refractivity (Wildman–Crippen MR) is 103 cm³/mol. The topological polar surface area (TPSA) is 20.2 Å². The Morgan fingerprint density at radius 1 is 0.667 bits per heavy atom. The lowest BCUT2D eigenvalue weighted by Gasteiger charge is -2.46. The van der Waals surface area contributed by atoms with Gasteiger partial charge < -0.3 is 5.11 Å². The maximum absolute atomic E-state index is 9.22. The van der Waals surface area contributed by atoms with Gasteiger partial charge in [-0.05, 0) is 98.7 Å². The molecule has 0 amide bonds. The van der Waals surface area contributed by atoms with Crippen LogP contribution in [0.1, 0.15) is 91.4 Å². The first-order chi connectivity index (χ1) is 11.6. The van der Waals surface area contributed by atoms with Crippen molar-refractivity contribution in [1.82, 2.24) is 0 Å². The maximum atomic E-state index is 9.22. The lowest BCUT2D eigenvalue weighted by atomic mass is 9.59. The van der Waals surface area contributed by atoms with Crippen LogP contribution in [-0.4, -0.2) is 11.7 Å². The van der Waals surface area contributed by atoms with E-state index in [2.05, 4.69) is 20.8 Å². The van der Waals surface area contributed by atoms with E-state index >= 15 is 0 Å². The largest absolute Gasteiger partial charge is 0.396 e. The van der Waals surface area contributed by atoms with Crippen LogP contribution in [0.3, 0.4) is 0 Å².